The van der Waals surface area contributed by atoms with Crippen LogP contribution in [0.15, 0.2) is 48.5 Å². The Labute approximate surface area is 159 Å². The summed E-state index contributed by atoms with van der Waals surface area (Å²) >= 11 is 0. The standard InChI is InChI=1S/C21H25N3O3/c1-5-18(25)22-15-12-10-14(11-13-15)19(26)23-17-9-7-6-8-16(17)20(27)24-21(2,3)4/h6-13H,5H2,1-4H3,(H,22,25)(H,23,26)(H,24,27). The van der Waals surface area contributed by atoms with Crippen LogP contribution in [0.1, 0.15) is 54.8 Å². The molecule has 0 atom stereocenters. The summed E-state index contributed by atoms with van der Waals surface area (Å²) in [5, 5.41) is 8.40. The Kier molecular flexibility index (Phi) is 6.34. The van der Waals surface area contributed by atoms with E-state index in [9.17, 15) is 14.4 Å². The van der Waals surface area contributed by atoms with Gasteiger partial charge in [-0.2, -0.15) is 0 Å². The van der Waals surface area contributed by atoms with Crippen molar-refractivity contribution < 1.29 is 14.4 Å². The van der Waals surface area contributed by atoms with Gasteiger partial charge in [0.05, 0.1) is 11.3 Å². The summed E-state index contributed by atoms with van der Waals surface area (Å²) in [6.45, 7) is 7.45. The van der Waals surface area contributed by atoms with Gasteiger partial charge in [-0.1, -0.05) is 19.1 Å². The van der Waals surface area contributed by atoms with E-state index in [1.165, 1.54) is 0 Å². The third kappa shape index (κ3) is 5.95. The SMILES string of the molecule is CCC(=O)Nc1ccc(C(=O)Nc2ccccc2C(=O)NC(C)(C)C)cc1. The molecule has 142 valence electrons. The normalized spacial score (nSPS) is 10.8. The molecule has 0 aliphatic carbocycles. The Morgan fingerprint density at radius 2 is 1.48 bits per heavy atom. The zero-order valence-corrected chi connectivity index (χ0v) is 16.1. The van der Waals surface area contributed by atoms with Gasteiger partial charge in [0.2, 0.25) is 5.91 Å². The van der Waals surface area contributed by atoms with Gasteiger partial charge in [0, 0.05) is 23.2 Å². The topological polar surface area (TPSA) is 87.3 Å². The lowest BCUT2D eigenvalue weighted by atomic mass is 10.1. The minimum absolute atomic E-state index is 0.0917. The van der Waals surface area contributed by atoms with Gasteiger partial charge in [-0.25, -0.2) is 0 Å². The lowest BCUT2D eigenvalue weighted by Gasteiger charge is -2.21. The Morgan fingerprint density at radius 1 is 0.852 bits per heavy atom. The van der Waals surface area contributed by atoms with E-state index in [0.717, 1.165) is 0 Å². The zero-order chi connectivity index (χ0) is 20.0. The number of nitrogens with one attached hydrogen (secondary N) is 3. The van der Waals surface area contributed by atoms with Crippen molar-refractivity contribution in [2.75, 3.05) is 10.6 Å². The number of benzene rings is 2. The van der Waals surface area contributed by atoms with Gasteiger partial charge in [-0.3, -0.25) is 14.4 Å². The highest BCUT2D eigenvalue weighted by atomic mass is 16.2. The molecule has 27 heavy (non-hydrogen) atoms. The molecule has 0 saturated carbocycles. The van der Waals surface area contributed by atoms with E-state index < -0.39 is 0 Å². The van der Waals surface area contributed by atoms with Crippen LogP contribution >= 0.6 is 0 Å². The smallest absolute Gasteiger partial charge is 0.255 e. The number of hydrogen-bond donors (Lipinski definition) is 3. The average molecular weight is 367 g/mol. The van der Waals surface area contributed by atoms with Gasteiger partial charge in [-0.15, -0.1) is 0 Å². The quantitative estimate of drug-likeness (QED) is 0.751. The van der Waals surface area contributed by atoms with Gasteiger partial charge in [0.1, 0.15) is 0 Å². The second-order valence-electron chi connectivity index (χ2n) is 7.18. The fraction of sp³-hybridized carbons (Fsp3) is 0.286. The van der Waals surface area contributed by atoms with Crippen molar-refractivity contribution in [3.63, 3.8) is 0 Å². The summed E-state index contributed by atoms with van der Waals surface area (Å²) in [5.41, 5.74) is 1.51. The lowest BCUT2D eigenvalue weighted by molar-refractivity contribution is -0.115. The molecule has 0 aliphatic rings. The molecule has 0 aromatic heterocycles. The van der Waals surface area contributed by atoms with Crippen LogP contribution in [-0.2, 0) is 4.79 Å². The van der Waals surface area contributed by atoms with Crippen LogP contribution in [0.3, 0.4) is 0 Å². The monoisotopic (exact) mass is 367 g/mol. The summed E-state index contributed by atoms with van der Waals surface area (Å²) in [6.07, 6.45) is 0.385. The number of rotatable bonds is 5. The molecule has 6 nitrogen and oxygen atoms in total. The van der Waals surface area contributed by atoms with E-state index in [4.69, 9.17) is 0 Å². The molecule has 0 heterocycles. The molecule has 0 fully saturated rings. The van der Waals surface area contributed by atoms with Crippen molar-refractivity contribution >= 4 is 29.1 Å². The number of carbonyl (C=O) groups is 3. The van der Waals surface area contributed by atoms with Gasteiger partial charge < -0.3 is 16.0 Å². The van der Waals surface area contributed by atoms with Crippen LogP contribution in [0.4, 0.5) is 11.4 Å². The van der Waals surface area contributed by atoms with Gasteiger partial charge in [-0.05, 0) is 57.2 Å². The Morgan fingerprint density at radius 3 is 2.07 bits per heavy atom. The van der Waals surface area contributed by atoms with Crippen molar-refractivity contribution in [2.45, 2.75) is 39.7 Å². The van der Waals surface area contributed by atoms with E-state index in [0.29, 0.717) is 28.9 Å². The maximum absolute atomic E-state index is 12.5. The Balaban J connectivity index is 2.14. The highest BCUT2D eigenvalue weighted by Gasteiger charge is 2.19. The summed E-state index contributed by atoms with van der Waals surface area (Å²) < 4.78 is 0. The van der Waals surface area contributed by atoms with Crippen LogP contribution in [0.2, 0.25) is 0 Å². The van der Waals surface area contributed by atoms with Crippen LogP contribution in [0.5, 0.6) is 0 Å². The highest BCUT2D eigenvalue weighted by molar-refractivity contribution is 6.09. The molecule has 0 radical (unpaired) electrons. The summed E-state index contributed by atoms with van der Waals surface area (Å²) in [5.74, 6) is -0.679. The number of carbonyl (C=O) groups excluding carboxylic acids is 3. The average Bonchev–Trinajstić information content (AvgIpc) is 2.61. The molecular formula is C21H25N3O3. The Bertz CT molecular complexity index is 836. The predicted octanol–water partition coefficient (Wildman–Crippen LogP) is 3.82. The maximum Gasteiger partial charge on any atom is 0.255 e. The lowest BCUT2D eigenvalue weighted by Crippen LogP contribution is -2.40. The molecule has 2 rings (SSSR count). The number of hydrogen-bond acceptors (Lipinski definition) is 3. The minimum atomic E-state index is -0.382. The molecule has 0 spiro atoms. The van der Waals surface area contributed by atoms with Crippen molar-refractivity contribution in [1.29, 1.82) is 0 Å². The van der Waals surface area contributed by atoms with Crippen LogP contribution in [-0.4, -0.2) is 23.3 Å². The van der Waals surface area contributed by atoms with Gasteiger partial charge >= 0.3 is 0 Å². The molecule has 0 aliphatic heterocycles. The largest absolute Gasteiger partial charge is 0.347 e. The molecule has 3 N–H and O–H groups in total. The molecule has 0 bridgehead atoms. The van der Waals surface area contributed by atoms with Crippen LogP contribution < -0.4 is 16.0 Å². The van der Waals surface area contributed by atoms with Gasteiger partial charge in [0.25, 0.3) is 11.8 Å². The first-order valence-corrected chi connectivity index (χ1v) is 8.82. The number of anilines is 2. The Hall–Kier alpha value is -3.15. The third-order valence-corrected chi connectivity index (χ3v) is 3.66. The zero-order valence-electron chi connectivity index (χ0n) is 16.1. The number of amides is 3. The molecular weight excluding hydrogens is 342 g/mol. The first-order chi connectivity index (χ1) is 12.7. The van der Waals surface area contributed by atoms with E-state index >= 15 is 0 Å². The fourth-order valence-electron chi connectivity index (χ4n) is 2.35. The molecule has 2 aromatic rings. The van der Waals surface area contributed by atoms with Gasteiger partial charge in [0.15, 0.2) is 0 Å². The molecule has 0 unspecified atom stereocenters. The van der Waals surface area contributed by atoms with Crippen LogP contribution in [0.25, 0.3) is 0 Å². The maximum atomic E-state index is 12.5. The van der Waals surface area contributed by atoms with E-state index in [-0.39, 0.29) is 23.3 Å². The summed E-state index contributed by atoms with van der Waals surface area (Å²) in [6, 6.07) is 13.4. The summed E-state index contributed by atoms with van der Waals surface area (Å²) in [7, 11) is 0. The second kappa shape index (κ2) is 8.49. The molecule has 3 amide bonds. The van der Waals surface area contributed by atoms with Crippen molar-refractivity contribution in [3.05, 3.63) is 59.7 Å². The molecule has 0 saturated heterocycles. The first-order valence-electron chi connectivity index (χ1n) is 8.82. The fourth-order valence-corrected chi connectivity index (χ4v) is 2.35. The predicted molar refractivity (Wildman–Crippen MR) is 107 cm³/mol. The third-order valence-electron chi connectivity index (χ3n) is 3.66. The van der Waals surface area contributed by atoms with E-state index in [1.54, 1.807) is 55.5 Å². The van der Waals surface area contributed by atoms with Crippen LogP contribution in [0, 0.1) is 0 Å². The van der Waals surface area contributed by atoms with E-state index in [1.807, 2.05) is 20.8 Å². The first kappa shape index (κ1) is 20.2. The summed E-state index contributed by atoms with van der Waals surface area (Å²) in [4.78, 5) is 36.4. The molecule has 2 aromatic carbocycles. The molecule has 6 heteroatoms. The highest BCUT2D eigenvalue weighted by Crippen LogP contribution is 2.18. The minimum Gasteiger partial charge on any atom is -0.347 e. The van der Waals surface area contributed by atoms with Crippen molar-refractivity contribution in [3.8, 4) is 0 Å². The number of para-hydroxylation sites is 1. The van der Waals surface area contributed by atoms with Crippen molar-refractivity contribution in [2.24, 2.45) is 0 Å². The van der Waals surface area contributed by atoms with Crippen molar-refractivity contribution in [1.82, 2.24) is 5.32 Å². The van der Waals surface area contributed by atoms with E-state index in [2.05, 4.69) is 16.0 Å². The second-order valence-corrected chi connectivity index (χ2v) is 7.18.